The normalized spacial score (nSPS) is 14.1. The molecule has 82 valence electrons. The molecule has 1 atom stereocenters. The van der Waals surface area contributed by atoms with E-state index < -0.39 is 9.73 Å². The van der Waals surface area contributed by atoms with Gasteiger partial charge >= 0.3 is 0 Å². The van der Waals surface area contributed by atoms with Gasteiger partial charge < -0.3 is 0 Å². The topological polar surface area (TPSA) is 29.4 Å². The van der Waals surface area contributed by atoms with Crippen LogP contribution in [0.3, 0.4) is 0 Å². The molecule has 1 rings (SSSR count). The highest BCUT2D eigenvalue weighted by Crippen LogP contribution is 2.13. The van der Waals surface area contributed by atoms with Crippen LogP contribution in [0.1, 0.15) is 13.8 Å². The van der Waals surface area contributed by atoms with E-state index in [1.54, 1.807) is 7.05 Å². The molecule has 1 unspecified atom stereocenters. The van der Waals surface area contributed by atoms with Crippen LogP contribution in [0.2, 0.25) is 0 Å². The van der Waals surface area contributed by atoms with Crippen molar-refractivity contribution in [1.29, 1.82) is 0 Å². The van der Waals surface area contributed by atoms with Crippen molar-refractivity contribution in [1.82, 2.24) is 0 Å². The molecular formula is C12H17NOS. The first-order valence-electron chi connectivity index (χ1n) is 4.90. The molecule has 0 amide bonds. The Balaban J connectivity index is 3.09. The van der Waals surface area contributed by atoms with Gasteiger partial charge in [-0.1, -0.05) is 29.8 Å². The maximum absolute atomic E-state index is 12.4. The van der Waals surface area contributed by atoms with E-state index in [4.69, 9.17) is 0 Å². The molecule has 0 radical (unpaired) electrons. The third-order valence-electron chi connectivity index (χ3n) is 2.12. The molecule has 0 spiro atoms. The van der Waals surface area contributed by atoms with Crippen molar-refractivity contribution in [2.45, 2.75) is 18.7 Å². The summed E-state index contributed by atoms with van der Waals surface area (Å²) in [5, 5.41) is 0. The van der Waals surface area contributed by atoms with Crippen molar-refractivity contribution in [3.8, 4) is 0 Å². The standard InChI is InChI=1S/C12H17NOS/c1-11(2)9-10-15(14,13-3)12-7-5-4-6-8-12/h4-9H,10H2,1-3H3. The number of hydrogen-bond donors (Lipinski definition) is 0. The molecule has 15 heavy (non-hydrogen) atoms. The van der Waals surface area contributed by atoms with Crippen molar-refractivity contribution >= 4 is 9.73 Å². The summed E-state index contributed by atoms with van der Waals surface area (Å²) in [7, 11) is -0.633. The largest absolute Gasteiger partial charge is 0.244 e. The van der Waals surface area contributed by atoms with Crippen LogP contribution in [0.25, 0.3) is 0 Å². The molecule has 0 saturated carbocycles. The van der Waals surface area contributed by atoms with Gasteiger partial charge in [0, 0.05) is 11.9 Å². The van der Waals surface area contributed by atoms with Crippen LogP contribution in [0, 0.1) is 0 Å². The smallest absolute Gasteiger partial charge is 0.0785 e. The van der Waals surface area contributed by atoms with Gasteiger partial charge in [-0.3, -0.25) is 0 Å². The van der Waals surface area contributed by atoms with Gasteiger partial charge in [-0.25, -0.2) is 8.57 Å². The first-order valence-corrected chi connectivity index (χ1v) is 6.58. The Morgan fingerprint density at radius 1 is 1.33 bits per heavy atom. The molecule has 0 heterocycles. The molecule has 1 aromatic rings. The van der Waals surface area contributed by atoms with Crippen LogP contribution in [-0.4, -0.2) is 17.0 Å². The lowest BCUT2D eigenvalue weighted by Crippen LogP contribution is -2.04. The summed E-state index contributed by atoms with van der Waals surface area (Å²) in [4.78, 5) is 0.810. The Kier molecular flexibility index (Phi) is 4.09. The molecule has 1 aromatic carbocycles. The highest BCUT2D eigenvalue weighted by molar-refractivity contribution is 7.93. The van der Waals surface area contributed by atoms with Crippen molar-refractivity contribution < 1.29 is 4.21 Å². The van der Waals surface area contributed by atoms with E-state index in [0.29, 0.717) is 5.75 Å². The number of nitrogens with zero attached hydrogens (tertiary/aromatic N) is 1. The molecule has 0 fully saturated rings. The van der Waals surface area contributed by atoms with E-state index >= 15 is 0 Å². The van der Waals surface area contributed by atoms with Crippen molar-refractivity contribution in [2.24, 2.45) is 4.36 Å². The lowest BCUT2D eigenvalue weighted by molar-refractivity contribution is 0.678. The van der Waals surface area contributed by atoms with Gasteiger partial charge in [0.25, 0.3) is 0 Å². The molecule has 0 N–H and O–H groups in total. The molecule has 0 aliphatic carbocycles. The fraction of sp³-hybridized carbons (Fsp3) is 0.333. The fourth-order valence-electron chi connectivity index (χ4n) is 1.19. The summed E-state index contributed by atoms with van der Waals surface area (Å²) in [6, 6.07) is 9.44. The average Bonchev–Trinajstić information content (AvgIpc) is 2.27. The maximum Gasteiger partial charge on any atom is 0.0785 e. The van der Waals surface area contributed by atoms with Gasteiger partial charge in [-0.15, -0.1) is 0 Å². The van der Waals surface area contributed by atoms with Crippen LogP contribution in [0.5, 0.6) is 0 Å². The summed E-state index contributed by atoms with van der Waals surface area (Å²) in [5.41, 5.74) is 1.17. The van der Waals surface area contributed by atoms with Crippen LogP contribution in [0.15, 0.2) is 51.2 Å². The van der Waals surface area contributed by atoms with Crippen LogP contribution in [0.4, 0.5) is 0 Å². The molecular weight excluding hydrogens is 206 g/mol. The Morgan fingerprint density at radius 3 is 2.40 bits per heavy atom. The summed E-state index contributed by atoms with van der Waals surface area (Å²) in [5.74, 6) is 0.496. The molecule has 0 aromatic heterocycles. The highest BCUT2D eigenvalue weighted by atomic mass is 32.2. The SMILES string of the molecule is CN=S(=O)(CC=C(C)C)c1ccccc1. The summed E-state index contributed by atoms with van der Waals surface area (Å²) in [6.45, 7) is 4.00. The first kappa shape index (κ1) is 12.0. The first-order chi connectivity index (χ1) is 7.08. The molecule has 0 bridgehead atoms. The predicted octanol–water partition coefficient (Wildman–Crippen LogP) is 3.11. The van der Waals surface area contributed by atoms with Gasteiger partial charge in [0.05, 0.1) is 15.5 Å². The zero-order valence-corrected chi connectivity index (χ0v) is 10.3. The molecule has 0 aliphatic rings. The van der Waals surface area contributed by atoms with E-state index in [0.717, 1.165) is 4.90 Å². The number of allylic oxidation sites excluding steroid dienone is 1. The predicted molar refractivity (Wildman–Crippen MR) is 65.5 cm³/mol. The zero-order valence-electron chi connectivity index (χ0n) is 9.43. The molecule has 0 saturated heterocycles. The average molecular weight is 223 g/mol. The van der Waals surface area contributed by atoms with Crippen LogP contribution >= 0.6 is 0 Å². The Morgan fingerprint density at radius 2 is 1.93 bits per heavy atom. The highest BCUT2D eigenvalue weighted by Gasteiger charge is 2.08. The van der Waals surface area contributed by atoms with E-state index in [-0.39, 0.29) is 0 Å². The second-order valence-corrected chi connectivity index (χ2v) is 6.03. The Bertz CT molecular complexity index is 450. The van der Waals surface area contributed by atoms with E-state index in [1.165, 1.54) is 5.57 Å². The van der Waals surface area contributed by atoms with Crippen molar-refractivity contribution in [2.75, 3.05) is 12.8 Å². The van der Waals surface area contributed by atoms with Crippen LogP contribution in [-0.2, 0) is 9.73 Å². The second-order valence-electron chi connectivity index (χ2n) is 3.58. The summed E-state index contributed by atoms with van der Waals surface area (Å²) in [6.07, 6.45) is 1.97. The molecule has 0 aliphatic heterocycles. The van der Waals surface area contributed by atoms with Gasteiger partial charge in [0.2, 0.25) is 0 Å². The van der Waals surface area contributed by atoms with Crippen molar-refractivity contribution in [3.63, 3.8) is 0 Å². The molecule has 2 nitrogen and oxygen atoms in total. The monoisotopic (exact) mass is 223 g/mol. The third-order valence-corrected chi connectivity index (χ3v) is 4.34. The summed E-state index contributed by atoms with van der Waals surface area (Å²) >= 11 is 0. The lowest BCUT2D eigenvalue weighted by atomic mass is 10.3. The van der Waals surface area contributed by atoms with E-state index in [2.05, 4.69) is 4.36 Å². The Labute approximate surface area is 92.2 Å². The van der Waals surface area contributed by atoms with E-state index in [9.17, 15) is 4.21 Å². The minimum absolute atomic E-state index is 0.496. The molecule has 3 heteroatoms. The quantitative estimate of drug-likeness (QED) is 0.724. The van der Waals surface area contributed by atoms with Gasteiger partial charge in [0.15, 0.2) is 0 Å². The third kappa shape index (κ3) is 3.20. The minimum atomic E-state index is -2.25. The number of rotatable bonds is 3. The minimum Gasteiger partial charge on any atom is -0.244 e. The zero-order chi connectivity index (χ0) is 11.3. The Hall–Kier alpha value is -1.09. The summed E-state index contributed by atoms with van der Waals surface area (Å²) < 4.78 is 16.5. The van der Waals surface area contributed by atoms with Crippen LogP contribution < -0.4 is 0 Å². The van der Waals surface area contributed by atoms with E-state index in [1.807, 2.05) is 50.3 Å². The lowest BCUT2D eigenvalue weighted by Gasteiger charge is -2.06. The fourth-order valence-corrected chi connectivity index (χ4v) is 2.88. The van der Waals surface area contributed by atoms with Gasteiger partial charge in [-0.2, -0.15) is 0 Å². The van der Waals surface area contributed by atoms with Crippen molar-refractivity contribution in [3.05, 3.63) is 42.0 Å². The second kappa shape index (κ2) is 5.12. The maximum atomic E-state index is 12.4. The number of benzene rings is 1. The number of hydrogen-bond acceptors (Lipinski definition) is 2. The van der Waals surface area contributed by atoms with Gasteiger partial charge in [-0.05, 0) is 26.0 Å². The van der Waals surface area contributed by atoms with Gasteiger partial charge in [0.1, 0.15) is 0 Å².